The Bertz CT molecular complexity index is 425. The number of rotatable bonds is 5. The molecule has 1 aromatic carbocycles. The molecular weight excluding hydrogens is 307 g/mol. The van der Waals surface area contributed by atoms with Crippen molar-refractivity contribution in [3.8, 4) is 5.75 Å². The molecule has 1 fully saturated rings. The van der Waals surface area contributed by atoms with Crippen molar-refractivity contribution in [3.05, 3.63) is 28.7 Å². The zero-order valence-electron chi connectivity index (χ0n) is 11.3. The molecule has 0 amide bonds. The van der Waals surface area contributed by atoms with Crippen molar-refractivity contribution in [1.29, 1.82) is 0 Å². The monoisotopic (exact) mass is 324 g/mol. The quantitative estimate of drug-likeness (QED) is 0.778. The number of hydrogen-bond acceptors (Lipinski definition) is 3. The smallest absolute Gasteiger partial charge is 0.163 e. The van der Waals surface area contributed by atoms with Gasteiger partial charge >= 0.3 is 0 Å². The van der Waals surface area contributed by atoms with E-state index in [2.05, 4.69) is 15.9 Å². The van der Waals surface area contributed by atoms with Crippen LogP contribution in [-0.4, -0.2) is 32.4 Å². The van der Waals surface area contributed by atoms with Gasteiger partial charge in [-0.2, -0.15) is 0 Å². The van der Waals surface area contributed by atoms with Crippen LogP contribution in [0.4, 0.5) is 0 Å². The van der Waals surface area contributed by atoms with Gasteiger partial charge in [-0.25, -0.2) is 0 Å². The van der Waals surface area contributed by atoms with Gasteiger partial charge in [0.2, 0.25) is 0 Å². The van der Waals surface area contributed by atoms with Gasteiger partial charge in [-0.05, 0) is 48.3 Å². The summed E-state index contributed by atoms with van der Waals surface area (Å²) in [6.07, 6.45) is 1.08. The lowest BCUT2D eigenvalue weighted by Crippen LogP contribution is -2.35. The SMILES string of the molecule is [B]CCC(Oc1ccccc1Br)[C@H]1COC(C)(C)O1. The number of para-hydroxylation sites is 1. The molecule has 102 valence electrons. The molecule has 0 spiro atoms. The highest BCUT2D eigenvalue weighted by molar-refractivity contribution is 9.10. The Morgan fingerprint density at radius 1 is 1.47 bits per heavy atom. The van der Waals surface area contributed by atoms with Gasteiger partial charge in [-0.1, -0.05) is 18.5 Å². The van der Waals surface area contributed by atoms with Gasteiger partial charge in [0.15, 0.2) is 5.79 Å². The lowest BCUT2D eigenvalue weighted by molar-refractivity contribution is -0.149. The van der Waals surface area contributed by atoms with Gasteiger partial charge < -0.3 is 14.2 Å². The molecule has 0 aromatic heterocycles. The molecule has 2 rings (SSSR count). The highest BCUT2D eigenvalue weighted by atomic mass is 79.9. The first-order valence-electron chi connectivity index (χ1n) is 6.45. The largest absolute Gasteiger partial charge is 0.486 e. The summed E-state index contributed by atoms with van der Waals surface area (Å²) in [4.78, 5) is 0. The lowest BCUT2D eigenvalue weighted by atomic mass is 9.96. The van der Waals surface area contributed by atoms with E-state index in [0.29, 0.717) is 12.9 Å². The second-order valence-corrected chi connectivity index (χ2v) is 5.89. The van der Waals surface area contributed by atoms with E-state index in [-0.39, 0.29) is 12.2 Å². The highest BCUT2D eigenvalue weighted by Gasteiger charge is 2.38. The Hall–Kier alpha value is -0.515. The molecule has 0 bridgehead atoms. The predicted octanol–water partition coefficient (Wildman–Crippen LogP) is 3.32. The van der Waals surface area contributed by atoms with E-state index in [0.717, 1.165) is 16.6 Å². The molecule has 1 unspecified atom stereocenters. The Morgan fingerprint density at radius 2 is 2.21 bits per heavy atom. The topological polar surface area (TPSA) is 27.7 Å². The third kappa shape index (κ3) is 3.97. The Morgan fingerprint density at radius 3 is 2.79 bits per heavy atom. The third-order valence-electron chi connectivity index (χ3n) is 3.01. The second-order valence-electron chi connectivity index (χ2n) is 5.03. The molecule has 0 saturated carbocycles. The summed E-state index contributed by atoms with van der Waals surface area (Å²) in [6, 6.07) is 7.77. The minimum atomic E-state index is -0.547. The minimum absolute atomic E-state index is 0.0920. The van der Waals surface area contributed by atoms with Crippen molar-refractivity contribution in [1.82, 2.24) is 0 Å². The van der Waals surface area contributed by atoms with E-state index in [1.165, 1.54) is 0 Å². The maximum atomic E-state index is 6.03. The Balaban J connectivity index is 2.07. The molecule has 1 aliphatic heterocycles. The van der Waals surface area contributed by atoms with E-state index >= 15 is 0 Å². The summed E-state index contributed by atoms with van der Waals surface area (Å²) in [5, 5.41) is 0. The maximum absolute atomic E-state index is 6.03. The van der Waals surface area contributed by atoms with Gasteiger partial charge in [-0.15, -0.1) is 0 Å². The normalized spacial score (nSPS) is 23.2. The zero-order chi connectivity index (χ0) is 13.9. The number of halogens is 1. The van der Waals surface area contributed by atoms with Gasteiger partial charge in [0.1, 0.15) is 18.0 Å². The van der Waals surface area contributed by atoms with Crippen molar-refractivity contribution in [2.45, 2.75) is 44.6 Å². The van der Waals surface area contributed by atoms with Crippen molar-refractivity contribution in [2.24, 2.45) is 0 Å². The summed E-state index contributed by atoms with van der Waals surface area (Å²) in [6.45, 7) is 4.35. The van der Waals surface area contributed by atoms with Crippen molar-refractivity contribution in [3.63, 3.8) is 0 Å². The third-order valence-corrected chi connectivity index (χ3v) is 3.67. The molecule has 2 radical (unpaired) electrons. The Labute approximate surface area is 124 Å². The minimum Gasteiger partial charge on any atom is -0.486 e. The zero-order valence-corrected chi connectivity index (χ0v) is 12.9. The molecule has 0 N–H and O–H groups in total. The van der Waals surface area contributed by atoms with E-state index in [1.54, 1.807) is 0 Å². The molecular formula is C14H18BBrO3. The van der Waals surface area contributed by atoms with E-state index in [9.17, 15) is 0 Å². The molecule has 2 atom stereocenters. The molecule has 1 aliphatic rings. The molecule has 3 nitrogen and oxygen atoms in total. The van der Waals surface area contributed by atoms with Crippen LogP contribution < -0.4 is 4.74 Å². The summed E-state index contributed by atoms with van der Waals surface area (Å²) in [7, 11) is 5.67. The van der Waals surface area contributed by atoms with Crippen LogP contribution in [0.15, 0.2) is 28.7 Å². The van der Waals surface area contributed by atoms with Gasteiger partial charge in [0.05, 0.1) is 18.9 Å². The molecule has 19 heavy (non-hydrogen) atoms. The second kappa shape index (κ2) is 6.29. The molecule has 0 aliphatic carbocycles. The van der Waals surface area contributed by atoms with Crippen molar-refractivity contribution in [2.75, 3.05) is 6.61 Å². The van der Waals surface area contributed by atoms with Gasteiger partial charge in [0, 0.05) is 0 Å². The molecule has 1 saturated heterocycles. The van der Waals surface area contributed by atoms with Gasteiger partial charge in [0.25, 0.3) is 0 Å². The van der Waals surface area contributed by atoms with Crippen LogP contribution in [0.1, 0.15) is 20.3 Å². The van der Waals surface area contributed by atoms with Crippen LogP contribution in [0.3, 0.4) is 0 Å². The first-order chi connectivity index (χ1) is 9.02. The number of benzene rings is 1. The average Bonchev–Trinajstić information content (AvgIpc) is 2.72. The van der Waals surface area contributed by atoms with Crippen LogP contribution in [0.25, 0.3) is 0 Å². The maximum Gasteiger partial charge on any atom is 0.163 e. The average molecular weight is 325 g/mol. The lowest BCUT2D eigenvalue weighted by Gasteiger charge is -2.25. The van der Waals surface area contributed by atoms with Crippen molar-refractivity contribution >= 4 is 23.8 Å². The summed E-state index contributed by atoms with van der Waals surface area (Å²) in [5.74, 6) is 0.253. The summed E-state index contributed by atoms with van der Waals surface area (Å²) in [5.41, 5.74) is 0. The molecule has 5 heteroatoms. The van der Waals surface area contributed by atoms with Crippen LogP contribution >= 0.6 is 15.9 Å². The first-order valence-corrected chi connectivity index (χ1v) is 7.24. The molecule has 1 aromatic rings. The van der Waals surface area contributed by atoms with Crippen LogP contribution in [0.5, 0.6) is 5.75 Å². The van der Waals surface area contributed by atoms with E-state index in [1.807, 2.05) is 38.1 Å². The predicted molar refractivity (Wildman–Crippen MR) is 78.6 cm³/mol. The number of ether oxygens (including phenoxy) is 3. The fraction of sp³-hybridized carbons (Fsp3) is 0.571. The molecule has 1 heterocycles. The van der Waals surface area contributed by atoms with Crippen LogP contribution in [0.2, 0.25) is 6.32 Å². The van der Waals surface area contributed by atoms with Crippen LogP contribution in [0, 0.1) is 0 Å². The van der Waals surface area contributed by atoms with Crippen LogP contribution in [-0.2, 0) is 9.47 Å². The van der Waals surface area contributed by atoms with Gasteiger partial charge in [-0.3, -0.25) is 0 Å². The summed E-state index contributed by atoms with van der Waals surface area (Å²) < 4.78 is 18.4. The highest BCUT2D eigenvalue weighted by Crippen LogP contribution is 2.31. The van der Waals surface area contributed by atoms with E-state index in [4.69, 9.17) is 22.1 Å². The summed E-state index contributed by atoms with van der Waals surface area (Å²) >= 11 is 3.48. The Kier molecular flexibility index (Phi) is 4.93. The number of hydrogen-bond donors (Lipinski definition) is 0. The standard InChI is InChI=1S/C14H18BBrO3/c1-14(2)17-9-13(19-14)12(7-8-15)18-11-6-4-3-5-10(11)16/h3-6,12-13H,7-9H2,1-2H3/t12?,13-/m1/s1. The first kappa shape index (κ1) is 14.9. The van der Waals surface area contributed by atoms with Crippen molar-refractivity contribution < 1.29 is 14.2 Å². The fourth-order valence-corrected chi connectivity index (χ4v) is 2.47. The fourth-order valence-electron chi connectivity index (χ4n) is 2.09. The van der Waals surface area contributed by atoms with E-state index < -0.39 is 5.79 Å².